The Labute approximate surface area is 96.1 Å². The van der Waals surface area contributed by atoms with E-state index in [1.807, 2.05) is 0 Å². The van der Waals surface area contributed by atoms with E-state index in [0.717, 1.165) is 12.1 Å². The average molecular weight is 274 g/mol. The van der Waals surface area contributed by atoms with Gasteiger partial charge in [0.05, 0.1) is 0 Å². The van der Waals surface area contributed by atoms with Gasteiger partial charge in [0.2, 0.25) is 0 Å². The molecule has 0 saturated heterocycles. The van der Waals surface area contributed by atoms with Gasteiger partial charge in [-0.25, -0.2) is 4.21 Å². The summed E-state index contributed by atoms with van der Waals surface area (Å²) in [6.07, 6.45) is 0. The molecule has 2 nitrogen and oxygen atoms in total. The molecule has 0 aromatic heterocycles. The van der Waals surface area contributed by atoms with Crippen LogP contribution in [0.5, 0.6) is 0 Å². The molecule has 0 spiro atoms. The fourth-order valence-electron chi connectivity index (χ4n) is 0.960. The molecule has 1 unspecified atom stereocenters. The molecule has 0 radical (unpaired) electrons. The third-order valence-corrected chi connectivity index (χ3v) is 2.44. The van der Waals surface area contributed by atoms with Crippen LogP contribution in [0, 0.1) is 0 Å². The van der Waals surface area contributed by atoms with Gasteiger partial charge in [-0.05, 0) is 0 Å². The SMILES string of the molecule is O=S(OCC(F)(F)c1ccccc1)C(F)(F)F. The van der Waals surface area contributed by atoms with Gasteiger partial charge in [-0.1, -0.05) is 30.3 Å². The molecule has 0 N–H and O–H groups in total. The summed E-state index contributed by atoms with van der Waals surface area (Å²) in [6.45, 7) is -1.59. The Morgan fingerprint density at radius 2 is 1.59 bits per heavy atom. The molecule has 1 atom stereocenters. The van der Waals surface area contributed by atoms with Crippen molar-refractivity contribution in [3.63, 3.8) is 0 Å². The molecule has 0 fully saturated rings. The van der Waals surface area contributed by atoms with Gasteiger partial charge in [-0.15, -0.1) is 0 Å². The molecule has 8 heteroatoms. The van der Waals surface area contributed by atoms with Crippen LogP contribution in [0.2, 0.25) is 0 Å². The van der Waals surface area contributed by atoms with Crippen molar-refractivity contribution in [2.24, 2.45) is 0 Å². The van der Waals surface area contributed by atoms with E-state index in [0.29, 0.717) is 0 Å². The molecular formula is C9H7F5O2S. The van der Waals surface area contributed by atoms with E-state index >= 15 is 0 Å². The Bertz CT molecular complexity index is 390. The smallest absolute Gasteiger partial charge is 0.277 e. The van der Waals surface area contributed by atoms with Crippen molar-refractivity contribution in [2.45, 2.75) is 11.4 Å². The zero-order valence-corrected chi connectivity index (χ0v) is 9.02. The van der Waals surface area contributed by atoms with Crippen LogP contribution >= 0.6 is 0 Å². The summed E-state index contributed by atoms with van der Waals surface area (Å²) in [5.74, 6) is -3.62. The van der Waals surface area contributed by atoms with Gasteiger partial charge in [0.25, 0.3) is 17.0 Å². The number of rotatable bonds is 4. The molecule has 96 valence electrons. The molecule has 0 heterocycles. The number of alkyl halides is 5. The third kappa shape index (κ3) is 4.04. The Kier molecular flexibility index (Phi) is 4.21. The van der Waals surface area contributed by atoms with E-state index in [1.54, 1.807) is 0 Å². The van der Waals surface area contributed by atoms with Crippen LogP contribution in [0.1, 0.15) is 5.56 Å². The molecule has 1 aromatic carbocycles. The number of hydrogen-bond acceptors (Lipinski definition) is 2. The van der Waals surface area contributed by atoms with Gasteiger partial charge >= 0.3 is 5.51 Å². The van der Waals surface area contributed by atoms with Crippen molar-refractivity contribution >= 4 is 11.1 Å². The third-order valence-electron chi connectivity index (χ3n) is 1.73. The second-order valence-electron chi connectivity index (χ2n) is 3.01. The molecule has 0 bridgehead atoms. The zero-order valence-electron chi connectivity index (χ0n) is 8.21. The van der Waals surface area contributed by atoms with Crippen molar-refractivity contribution in [1.82, 2.24) is 0 Å². The lowest BCUT2D eigenvalue weighted by Crippen LogP contribution is -2.26. The van der Waals surface area contributed by atoms with E-state index in [-0.39, 0.29) is 0 Å². The Hall–Kier alpha value is -1.02. The van der Waals surface area contributed by atoms with Crippen LogP contribution in [0.4, 0.5) is 22.0 Å². The lowest BCUT2D eigenvalue weighted by molar-refractivity contribution is -0.0679. The number of halogens is 5. The van der Waals surface area contributed by atoms with Crippen LogP contribution < -0.4 is 0 Å². The van der Waals surface area contributed by atoms with Gasteiger partial charge in [-0.2, -0.15) is 22.0 Å². The quantitative estimate of drug-likeness (QED) is 0.789. The van der Waals surface area contributed by atoms with Crippen molar-refractivity contribution in [2.75, 3.05) is 6.61 Å². The highest BCUT2D eigenvalue weighted by Crippen LogP contribution is 2.30. The van der Waals surface area contributed by atoms with E-state index < -0.39 is 34.7 Å². The highest BCUT2D eigenvalue weighted by molar-refractivity contribution is 7.81. The lowest BCUT2D eigenvalue weighted by Gasteiger charge is -2.16. The number of benzene rings is 1. The predicted molar refractivity (Wildman–Crippen MR) is 50.5 cm³/mol. The van der Waals surface area contributed by atoms with E-state index in [2.05, 4.69) is 4.18 Å². The summed E-state index contributed by atoms with van der Waals surface area (Å²) in [5, 5.41) is 0. The van der Waals surface area contributed by atoms with E-state index in [4.69, 9.17) is 0 Å². The molecule has 0 aliphatic carbocycles. The molecule has 0 saturated carbocycles. The first-order chi connectivity index (χ1) is 7.73. The van der Waals surface area contributed by atoms with E-state index in [1.165, 1.54) is 18.2 Å². The van der Waals surface area contributed by atoms with Crippen LogP contribution in [0.15, 0.2) is 30.3 Å². The molecule has 1 rings (SSSR count). The highest BCUT2D eigenvalue weighted by atomic mass is 32.2. The summed E-state index contributed by atoms with van der Waals surface area (Å²) >= 11 is -3.74. The summed E-state index contributed by atoms with van der Waals surface area (Å²) in [7, 11) is 0. The van der Waals surface area contributed by atoms with Gasteiger partial charge in [0.15, 0.2) is 0 Å². The first kappa shape index (κ1) is 14.0. The second-order valence-corrected chi connectivity index (χ2v) is 4.18. The fourth-order valence-corrected chi connectivity index (χ4v) is 1.35. The average Bonchev–Trinajstić information content (AvgIpc) is 2.26. The van der Waals surface area contributed by atoms with Gasteiger partial charge in [0, 0.05) is 5.56 Å². The minimum absolute atomic E-state index is 0.501. The van der Waals surface area contributed by atoms with Crippen molar-refractivity contribution in [3.05, 3.63) is 35.9 Å². The summed E-state index contributed by atoms with van der Waals surface area (Å²) in [4.78, 5) is 0. The first-order valence-electron chi connectivity index (χ1n) is 4.29. The first-order valence-corrected chi connectivity index (χ1v) is 5.36. The minimum Gasteiger partial charge on any atom is -0.277 e. The second kappa shape index (κ2) is 5.09. The topological polar surface area (TPSA) is 26.3 Å². The predicted octanol–water partition coefficient (Wildman–Crippen LogP) is 2.98. The van der Waals surface area contributed by atoms with Crippen molar-refractivity contribution in [3.8, 4) is 0 Å². The molecule has 17 heavy (non-hydrogen) atoms. The summed E-state index contributed by atoms with van der Waals surface area (Å²) in [6, 6.07) is 6.18. The van der Waals surface area contributed by atoms with Gasteiger partial charge in [0.1, 0.15) is 6.61 Å². The maximum absolute atomic E-state index is 13.3. The minimum atomic E-state index is -5.16. The maximum Gasteiger partial charge on any atom is 0.497 e. The monoisotopic (exact) mass is 274 g/mol. The van der Waals surface area contributed by atoms with Crippen molar-refractivity contribution < 1.29 is 30.3 Å². The van der Waals surface area contributed by atoms with Gasteiger partial charge < -0.3 is 0 Å². The summed E-state index contributed by atoms with van der Waals surface area (Å²) < 4.78 is 75.8. The van der Waals surface area contributed by atoms with E-state index in [9.17, 15) is 26.2 Å². The molecule has 0 amide bonds. The number of hydrogen-bond donors (Lipinski definition) is 0. The summed E-state index contributed by atoms with van der Waals surface area (Å²) in [5.41, 5.74) is -5.66. The standard InChI is InChI=1S/C9H7F5O2S/c10-8(11,7-4-2-1-3-5-7)6-16-17(15)9(12,13)14/h1-5H,6H2. The molecule has 1 aromatic rings. The van der Waals surface area contributed by atoms with Crippen LogP contribution in [0.25, 0.3) is 0 Å². The highest BCUT2D eigenvalue weighted by Gasteiger charge is 2.41. The molecular weight excluding hydrogens is 267 g/mol. The fraction of sp³-hybridized carbons (Fsp3) is 0.333. The molecule has 0 aliphatic heterocycles. The van der Waals surface area contributed by atoms with Gasteiger partial charge in [-0.3, -0.25) is 4.18 Å². The lowest BCUT2D eigenvalue weighted by atomic mass is 10.1. The molecule has 0 aliphatic rings. The Balaban J connectivity index is 2.66. The van der Waals surface area contributed by atoms with Crippen LogP contribution in [-0.2, 0) is 21.2 Å². The van der Waals surface area contributed by atoms with Crippen LogP contribution in [0.3, 0.4) is 0 Å². The Morgan fingerprint density at radius 1 is 1.06 bits per heavy atom. The largest absolute Gasteiger partial charge is 0.497 e. The zero-order chi connectivity index (χ0) is 13.1. The maximum atomic E-state index is 13.3. The normalized spacial score (nSPS) is 14.6. The van der Waals surface area contributed by atoms with Crippen molar-refractivity contribution in [1.29, 1.82) is 0 Å². The Morgan fingerprint density at radius 3 is 2.06 bits per heavy atom. The van der Waals surface area contributed by atoms with Crippen LogP contribution in [-0.4, -0.2) is 16.3 Å².